The Bertz CT molecular complexity index is 789. The molecule has 0 aliphatic rings. The van der Waals surface area contributed by atoms with Gasteiger partial charge in [-0.15, -0.1) is 0 Å². The third kappa shape index (κ3) is 3.26. The maximum Gasteiger partial charge on any atom is 0.416 e. The number of primary amides is 1. The van der Waals surface area contributed by atoms with Gasteiger partial charge in [-0.25, -0.2) is 0 Å². The van der Waals surface area contributed by atoms with Gasteiger partial charge in [0.15, 0.2) is 0 Å². The molecule has 1 amide bonds. The van der Waals surface area contributed by atoms with E-state index >= 15 is 0 Å². The highest BCUT2D eigenvalue weighted by Gasteiger charge is 2.30. The van der Waals surface area contributed by atoms with Crippen molar-refractivity contribution in [3.8, 4) is 11.1 Å². The molecule has 0 saturated heterocycles. The number of rotatable bonds is 3. The third-order valence-electron chi connectivity index (χ3n) is 3.09. The van der Waals surface area contributed by atoms with Gasteiger partial charge in [0.25, 0.3) is 5.91 Å². The van der Waals surface area contributed by atoms with Gasteiger partial charge in [-0.2, -0.15) is 13.2 Å². The first-order valence-electron chi connectivity index (χ1n) is 6.07. The summed E-state index contributed by atoms with van der Waals surface area (Å²) in [6.45, 7) is 0. The SMILES string of the molecule is NC(=O)c1ccc(-c2ccc(C(F)(F)F)cc2)c(Cl)c1[N+](=O)[O-]. The lowest BCUT2D eigenvalue weighted by molar-refractivity contribution is -0.384. The molecule has 2 aromatic carbocycles. The van der Waals surface area contributed by atoms with E-state index in [1.165, 1.54) is 6.07 Å². The zero-order valence-electron chi connectivity index (χ0n) is 11.2. The monoisotopic (exact) mass is 344 g/mol. The molecule has 0 spiro atoms. The average Bonchev–Trinajstić information content (AvgIpc) is 2.45. The number of nitro benzene ring substituents is 1. The van der Waals surface area contributed by atoms with Crippen LogP contribution < -0.4 is 5.73 Å². The molecule has 0 heterocycles. The standard InChI is InChI=1S/C14H8ClF3N2O3/c15-11-9(5-6-10(13(19)21)12(11)20(22)23)7-1-3-8(4-2-7)14(16,17)18/h1-6H,(H2,19,21). The first kappa shape index (κ1) is 16.8. The second-order valence-electron chi connectivity index (χ2n) is 4.52. The Morgan fingerprint density at radius 1 is 1.13 bits per heavy atom. The van der Waals surface area contributed by atoms with Gasteiger partial charge in [-0.05, 0) is 23.8 Å². The molecular formula is C14H8ClF3N2O3. The van der Waals surface area contributed by atoms with Crippen LogP contribution >= 0.6 is 11.6 Å². The van der Waals surface area contributed by atoms with Crippen LogP contribution in [0.2, 0.25) is 5.02 Å². The number of carbonyl (C=O) groups is 1. The van der Waals surface area contributed by atoms with E-state index in [2.05, 4.69) is 0 Å². The average molecular weight is 345 g/mol. The molecule has 0 atom stereocenters. The quantitative estimate of drug-likeness (QED) is 0.673. The molecule has 0 aromatic heterocycles. The van der Waals surface area contributed by atoms with Crippen molar-refractivity contribution in [3.63, 3.8) is 0 Å². The fourth-order valence-corrected chi connectivity index (χ4v) is 2.35. The Balaban J connectivity index is 2.59. The molecule has 0 radical (unpaired) electrons. The van der Waals surface area contributed by atoms with E-state index in [1.54, 1.807) is 0 Å². The van der Waals surface area contributed by atoms with Crippen LogP contribution in [0.1, 0.15) is 15.9 Å². The van der Waals surface area contributed by atoms with E-state index in [4.69, 9.17) is 17.3 Å². The number of amides is 1. The lowest BCUT2D eigenvalue weighted by Crippen LogP contribution is -2.13. The minimum atomic E-state index is -4.50. The molecule has 2 rings (SSSR count). The van der Waals surface area contributed by atoms with E-state index in [1.807, 2.05) is 0 Å². The zero-order valence-corrected chi connectivity index (χ0v) is 12.0. The van der Waals surface area contributed by atoms with Gasteiger partial charge in [0, 0.05) is 5.56 Å². The maximum absolute atomic E-state index is 12.5. The molecule has 9 heteroatoms. The molecule has 0 aliphatic carbocycles. The summed E-state index contributed by atoms with van der Waals surface area (Å²) >= 11 is 5.95. The number of alkyl halides is 3. The van der Waals surface area contributed by atoms with E-state index in [0.717, 1.165) is 30.3 Å². The van der Waals surface area contributed by atoms with Gasteiger partial charge in [0.1, 0.15) is 10.6 Å². The highest BCUT2D eigenvalue weighted by atomic mass is 35.5. The molecule has 5 nitrogen and oxygen atoms in total. The van der Waals surface area contributed by atoms with Crippen LogP contribution in [0.15, 0.2) is 36.4 Å². The van der Waals surface area contributed by atoms with Crippen molar-refractivity contribution in [1.82, 2.24) is 0 Å². The minimum absolute atomic E-state index is 0.122. The normalized spacial score (nSPS) is 11.3. The van der Waals surface area contributed by atoms with Crippen molar-refractivity contribution in [3.05, 3.63) is 62.7 Å². The van der Waals surface area contributed by atoms with Crippen LogP contribution in [-0.2, 0) is 6.18 Å². The summed E-state index contributed by atoms with van der Waals surface area (Å²) in [6, 6.07) is 6.34. The highest BCUT2D eigenvalue weighted by molar-refractivity contribution is 6.36. The van der Waals surface area contributed by atoms with Gasteiger partial charge in [0.05, 0.1) is 10.5 Å². The second kappa shape index (κ2) is 5.88. The van der Waals surface area contributed by atoms with Crippen molar-refractivity contribution in [2.75, 3.05) is 0 Å². The zero-order chi connectivity index (χ0) is 17.4. The number of hydrogen-bond acceptors (Lipinski definition) is 3. The Labute approximate surface area is 132 Å². The van der Waals surface area contributed by atoms with E-state index < -0.39 is 28.3 Å². The summed E-state index contributed by atoms with van der Waals surface area (Å²) in [7, 11) is 0. The van der Waals surface area contributed by atoms with Crippen LogP contribution in [-0.4, -0.2) is 10.8 Å². The predicted molar refractivity (Wildman–Crippen MR) is 77.1 cm³/mol. The lowest BCUT2D eigenvalue weighted by Gasteiger charge is -2.10. The first-order valence-corrected chi connectivity index (χ1v) is 6.45. The van der Waals surface area contributed by atoms with Crippen molar-refractivity contribution in [2.45, 2.75) is 6.18 Å². The van der Waals surface area contributed by atoms with Gasteiger partial charge in [-0.3, -0.25) is 14.9 Å². The number of carbonyl (C=O) groups excluding carboxylic acids is 1. The molecule has 23 heavy (non-hydrogen) atoms. The topological polar surface area (TPSA) is 86.2 Å². The Morgan fingerprint density at radius 2 is 1.70 bits per heavy atom. The second-order valence-corrected chi connectivity index (χ2v) is 4.90. The Kier molecular flexibility index (Phi) is 4.28. The van der Waals surface area contributed by atoms with Crippen LogP contribution in [0.5, 0.6) is 0 Å². The molecule has 2 aromatic rings. The molecular weight excluding hydrogens is 337 g/mol. The van der Waals surface area contributed by atoms with E-state index in [0.29, 0.717) is 0 Å². The lowest BCUT2D eigenvalue weighted by atomic mass is 10.0. The van der Waals surface area contributed by atoms with Crippen LogP contribution in [0.25, 0.3) is 11.1 Å². The summed E-state index contributed by atoms with van der Waals surface area (Å²) in [5.41, 5.74) is 3.49. The van der Waals surface area contributed by atoms with Crippen LogP contribution in [0.4, 0.5) is 18.9 Å². The highest BCUT2D eigenvalue weighted by Crippen LogP contribution is 2.38. The summed E-state index contributed by atoms with van der Waals surface area (Å²) in [4.78, 5) is 21.4. The molecule has 0 aliphatic heterocycles. The number of nitro groups is 1. The van der Waals surface area contributed by atoms with E-state index in [-0.39, 0.29) is 21.7 Å². The Hall–Kier alpha value is -2.61. The molecule has 0 saturated carbocycles. The third-order valence-corrected chi connectivity index (χ3v) is 3.47. The van der Waals surface area contributed by atoms with Gasteiger partial charge >= 0.3 is 11.9 Å². The number of nitrogens with two attached hydrogens (primary N) is 1. The molecule has 0 fully saturated rings. The van der Waals surface area contributed by atoms with Crippen LogP contribution in [0.3, 0.4) is 0 Å². The molecule has 0 unspecified atom stereocenters. The van der Waals surface area contributed by atoms with E-state index in [9.17, 15) is 28.1 Å². The molecule has 2 N–H and O–H groups in total. The maximum atomic E-state index is 12.5. The number of hydrogen-bond donors (Lipinski definition) is 1. The molecule has 0 bridgehead atoms. The minimum Gasteiger partial charge on any atom is -0.365 e. The Morgan fingerprint density at radius 3 is 2.13 bits per heavy atom. The van der Waals surface area contributed by atoms with Gasteiger partial charge in [0.2, 0.25) is 0 Å². The van der Waals surface area contributed by atoms with Crippen LogP contribution in [0, 0.1) is 10.1 Å². The van der Waals surface area contributed by atoms with Gasteiger partial charge < -0.3 is 5.73 Å². The summed E-state index contributed by atoms with van der Waals surface area (Å²) < 4.78 is 37.6. The van der Waals surface area contributed by atoms with Crippen molar-refractivity contribution < 1.29 is 22.9 Å². The fourth-order valence-electron chi connectivity index (χ4n) is 2.00. The molecule has 120 valence electrons. The summed E-state index contributed by atoms with van der Waals surface area (Å²) in [5.74, 6) is -1.03. The largest absolute Gasteiger partial charge is 0.416 e. The summed E-state index contributed by atoms with van der Waals surface area (Å²) in [5, 5.41) is 10.7. The van der Waals surface area contributed by atoms with Crippen molar-refractivity contribution in [2.24, 2.45) is 5.73 Å². The number of nitrogens with zero attached hydrogens (tertiary/aromatic N) is 1. The predicted octanol–water partition coefficient (Wildman–Crippen LogP) is 4.03. The number of halogens is 4. The smallest absolute Gasteiger partial charge is 0.365 e. The van der Waals surface area contributed by atoms with Crippen molar-refractivity contribution in [1.29, 1.82) is 0 Å². The first-order chi connectivity index (χ1) is 10.6. The summed E-state index contributed by atoms with van der Waals surface area (Å²) in [6.07, 6.45) is -4.50. The van der Waals surface area contributed by atoms with Crippen molar-refractivity contribution >= 4 is 23.2 Å². The number of benzene rings is 2. The van der Waals surface area contributed by atoms with Gasteiger partial charge in [-0.1, -0.05) is 29.8 Å². The fraction of sp³-hybridized carbons (Fsp3) is 0.0714.